The quantitative estimate of drug-likeness (QED) is 0.628. The number of rotatable bonds is 8. The topological polar surface area (TPSA) is 36.3 Å². The monoisotopic (exact) mass is 431 g/mol. The second-order valence-electron chi connectivity index (χ2n) is 9.79. The average Bonchev–Trinajstić information content (AvgIpc) is 3.08. The third-order valence-corrected chi connectivity index (χ3v) is 5.78. The van der Waals surface area contributed by atoms with E-state index >= 15 is 0 Å². The molecule has 0 amide bonds. The highest BCUT2D eigenvalue weighted by Gasteiger charge is 2.20. The molecule has 30 heavy (non-hydrogen) atoms. The molecule has 1 N–H and O–H groups in total. The van der Waals surface area contributed by atoms with E-state index in [1.54, 1.807) is 0 Å². The Morgan fingerprint density at radius 3 is 2.47 bits per heavy atom. The zero-order valence-electron chi connectivity index (χ0n) is 19.3. The number of nitrogens with one attached hydrogen (secondary N) is 1. The van der Waals surface area contributed by atoms with E-state index in [4.69, 9.17) is 16.7 Å². The van der Waals surface area contributed by atoms with E-state index in [9.17, 15) is 0 Å². The first-order chi connectivity index (χ1) is 14.2. The van der Waals surface area contributed by atoms with Gasteiger partial charge < -0.3 is 10.2 Å². The summed E-state index contributed by atoms with van der Waals surface area (Å²) in [5.74, 6) is 0.634. The van der Waals surface area contributed by atoms with Crippen molar-refractivity contribution in [2.24, 2.45) is 5.92 Å². The maximum absolute atomic E-state index is 6.14. The molecule has 3 rings (SSSR count). The number of hydrogen-bond donors (Lipinski definition) is 1. The Balaban J connectivity index is 1.43. The molecule has 0 unspecified atom stereocenters. The molecular weight excluding hydrogens is 394 g/mol. The lowest BCUT2D eigenvalue weighted by Crippen LogP contribution is -2.48. The van der Waals surface area contributed by atoms with Crippen LogP contribution >= 0.6 is 11.6 Å². The second-order valence-corrected chi connectivity index (χ2v) is 10.2. The summed E-state index contributed by atoms with van der Waals surface area (Å²) in [4.78, 5) is 4.96. The van der Waals surface area contributed by atoms with Gasteiger partial charge in [0.2, 0.25) is 0 Å². The number of aromatic nitrogens is 2. The summed E-state index contributed by atoms with van der Waals surface area (Å²) in [6.07, 6.45) is 1.07. The van der Waals surface area contributed by atoms with Crippen molar-refractivity contribution in [1.82, 2.24) is 20.0 Å². The van der Waals surface area contributed by atoms with Crippen molar-refractivity contribution in [2.45, 2.75) is 53.1 Å². The Kier molecular flexibility index (Phi) is 7.83. The fourth-order valence-electron chi connectivity index (χ4n) is 4.06. The molecule has 5 nitrogen and oxygen atoms in total. The minimum atomic E-state index is 0.0190. The third-order valence-electron chi connectivity index (χ3n) is 5.54. The van der Waals surface area contributed by atoms with Gasteiger partial charge in [-0.15, -0.1) is 0 Å². The van der Waals surface area contributed by atoms with Crippen molar-refractivity contribution >= 4 is 17.3 Å². The first-order valence-electron chi connectivity index (χ1n) is 11.2. The van der Waals surface area contributed by atoms with E-state index in [0.717, 1.165) is 63.0 Å². The van der Waals surface area contributed by atoms with Crippen LogP contribution in [0.3, 0.4) is 0 Å². The van der Waals surface area contributed by atoms with Crippen molar-refractivity contribution in [3.8, 4) is 0 Å². The summed E-state index contributed by atoms with van der Waals surface area (Å²) in [5, 5.41) is 9.30. The smallest absolute Gasteiger partial charge is 0.0765 e. The van der Waals surface area contributed by atoms with E-state index in [2.05, 4.69) is 72.6 Å². The SMILES string of the molecule is CC(C)Cc1cc(CNCCN2CCN(c3cccc(Cl)c3)CC2)nn1C(C)(C)C. The largest absolute Gasteiger partial charge is 0.369 e. The molecule has 0 aliphatic carbocycles. The van der Waals surface area contributed by atoms with Crippen LogP contribution in [0.5, 0.6) is 0 Å². The van der Waals surface area contributed by atoms with E-state index in [1.165, 1.54) is 11.4 Å². The number of halogens is 1. The van der Waals surface area contributed by atoms with Crippen molar-refractivity contribution < 1.29 is 0 Å². The maximum Gasteiger partial charge on any atom is 0.0765 e. The minimum Gasteiger partial charge on any atom is -0.369 e. The summed E-state index contributed by atoms with van der Waals surface area (Å²) >= 11 is 6.14. The Morgan fingerprint density at radius 2 is 1.83 bits per heavy atom. The molecule has 1 fully saturated rings. The van der Waals surface area contributed by atoms with Gasteiger partial charge in [0.05, 0.1) is 11.2 Å². The van der Waals surface area contributed by atoms with E-state index in [1.807, 2.05) is 12.1 Å². The molecule has 0 radical (unpaired) electrons. The lowest BCUT2D eigenvalue weighted by Gasteiger charge is -2.36. The summed E-state index contributed by atoms with van der Waals surface area (Å²) in [6.45, 7) is 18.4. The standard InChI is InChI=1S/C24H38ClN5/c1-19(2)15-23-17-21(27-30(23)24(3,4)5)18-26-9-10-28-11-13-29(14-12-28)22-8-6-7-20(25)16-22/h6-8,16-17,19,26H,9-15,18H2,1-5H3. The van der Waals surface area contributed by atoms with Crippen LogP contribution in [-0.2, 0) is 18.5 Å². The first-order valence-corrected chi connectivity index (χ1v) is 11.6. The van der Waals surface area contributed by atoms with Crippen molar-refractivity contribution in [3.63, 3.8) is 0 Å². The molecule has 1 aliphatic heterocycles. The molecule has 0 atom stereocenters. The third kappa shape index (κ3) is 6.47. The van der Waals surface area contributed by atoms with Gasteiger partial charge in [-0.1, -0.05) is 31.5 Å². The number of hydrogen-bond acceptors (Lipinski definition) is 4. The molecule has 2 heterocycles. The van der Waals surface area contributed by atoms with Gasteiger partial charge in [0.15, 0.2) is 0 Å². The molecule has 0 spiro atoms. The predicted molar refractivity (Wildman–Crippen MR) is 128 cm³/mol. The van der Waals surface area contributed by atoms with Crippen molar-refractivity contribution in [3.05, 3.63) is 46.7 Å². The van der Waals surface area contributed by atoms with Gasteiger partial charge in [0.1, 0.15) is 0 Å². The minimum absolute atomic E-state index is 0.0190. The summed E-state index contributed by atoms with van der Waals surface area (Å²) in [6, 6.07) is 10.4. The molecule has 1 saturated heterocycles. The highest BCUT2D eigenvalue weighted by Crippen LogP contribution is 2.21. The molecular formula is C24H38ClN5. The predicted octanol–water partition coefficient (Wildman–Crippen LogP) is 4.40. The summed E-state index contributed by atoms with van der Waals surface area (Å²) < 4.78 is 2.21. The highest BCUT2D eigenvalue weighted by atomic mass is 35.5. The second kappa shape index (κ2) is 10.2. The van der Waals surface area contributed by atoms with Gasteiger partial charge in [-0.3, -0.25) is 9.58 Å². The van der Waals surface area contributed by atoms with Gasteiger partial charge in [-0.2, -0.15) is 5.10 Å². The van der Waals surface area contributed by atoms with Crippen LogP contribution in [0.4, 0.5) is 5.69 Å². The Morgan fingerprint density at radius 1 is 1.10 bits per heavy atom. The van der Waals surface area contributed by atoms with Crippen LogP contribution in [0.2, 0.25) is 5.02 Å². The first kappa shape index (κ1) is 23.1. The molecule has 0 saturated carbocycles. The Hall–Kier alpha value is -1.56. The molecule has 6 heteroatoms. The molecule has 2 aromatic rings. The van der Waals surface area contributed by atoms with Gasteiger partial charge in [-0.05, 0) is 57.4 Å². The van der Waals surface area contributed by atoms with E-state index in [0.29, 0.717) is 5.92 Å². The van der Waals surface area contributed by atoms with Gasteiger partial charge in [0.25, 0.3) is 0 Å². The Labute approximate surface area is 187 Å². The van der Waals surface area contributed by atoms with Crippen molar-refractivity contribution in [2.75, 3.05) is 44.2 Å². The molecule has 1 aromatic heterocycles. The molecule has 1 aromatic carbocycles. The van der Waals surface area contributed by atoms with Crippen molar-refractivity contribution in [1.29, 1.82) is 0 Å². The lowest BCUT2D eigenvalue weighted by atomic mass is 10.0. The van der Waals surface area contributed by atoms with Crippen LogP contribution in [0.25, 0.3) is 0 Å². The van der Waals surface area contributed by atoms with Crippen LogP contribution in [0.15, 0.2) is 30.3 Å². The van der Waals surface area contributed by atoms with Crippen LogP contribution in [-0.4, -0.2) is 53.9 Å². The summed E-state index contributed by atoms with van der Waals surface area (Å²) in [5.41, 5.74) is 3.73. The molecule has 166 valence electrons. The highest BCUT2D eigenvalue weighted by molar-refractivity contribution is 6.30. The van der Waals surface area contributed by atoms with E-state index < -0.39 is 0 Å². The fourth-order valence-corrected chi connectivity index (χ4v) is 4.25. The number of benzene rings is 1. The number of nitrogens with zero attached hydrogens (tertiary/aromatic N) is 4. The van der Waals surface area contributed by atoms with Gasteiger partial charge in [-0.25, -0.2) is 0 Å². The number of anilines is 1. The average molecular weight is 432 g/mol. The Bertz CT molecular complexity index is 800. The van der Waals surface area contributed by atoms with Crippen LogP contribution in [0.1, 0.15) is 46.0 Å². The lowest BCUT2D eigenvalue weighted by molar-refractivity contribution is 0.257. The zero-order chi connectivity index (χ0) is 21.7. The molecule has 1 aliphatic rings. The maximum atomic E-state index is 6.14. The number of piperazine rings is 1. The van der Waals surface area contributed by atoms with Gasteiger partial charge in [0, 0.05) is 62.2 Å². The van der Waals surface area contributed by atoms with Crippen LogP contribution < -0.4 is 10.2 Å². The van der Waals surface area contributed by atoms with Gasteiger partial charge >= 0.3 is 0 Å². The fraction of sp³-hybridized carbons (Fsp3) is 0.625. The summed E-state index contributed by atoms with van der Waals surface area (Å²) in [7, 11) is 0. The normalized spacial score (nSPS) is 15.9. The van der Waals surface area contributed by atoms with E-state index in [-0.39, 0.29) is 5.54 Å². The molecule has 0 bridgehead atoms. The zero-order valence-corrected chi connectivity index (χ0v) is 20.0. The van der Waals surface area contributed by atoms with Crippen LogP contribution in [0, 0.1) is 5.92 Å².